The van der Waals surface area contributed by atoms with E-state index in [0.717, 1.165) is 13.3 Å². The van der Waals surface area contributed by atoms with Crippen LogP contribution in [0.4, 0.5) is 18.9 Å². The third kappa shape index (κ3) is 3.53. The summed E-state index contributed by atoms with van der Waals surface area (Å²) in [7, 11) is 0. The van der Waals surface area contributed by atoms with Gasteiger partial charge in [0, 0.05) is 18.7 Å². The quantitative estimate of drug-likeness (QED) is 0.806. The van der Waals surface area contributed by atoms with Crippen molar-refractivity contribution in [1.29, 1.82) is 0 Å². The zero-order valence-corrected chi connectivity index (χ0v) is 11.3. The van der Waals surface area contributed by atoms with Gasteiger partial charge >= 0.3 is 12.1 Å². The number of rotatable bonds is 3. The predicted octanol–water partition coefficient (Wildman–Crippen LogP) is 2.92. The molecule has 0 N–H and O–H groups in total. The van der Waals surface area contributed by atoms with E-state index in [0.29, 0.717) is 18.7 Å². The zero-order chi connectivity index (χ0) is 15.6. The van der Waals surface area contributed by atoms with Gasteiger partial charge in [0.2, 0.25) is 5.91 Å². The smallest absolute Gasteiger partial charge is 0.425 e. The van der Waals surface area contributed by atoms with E-state index in [1.54, 1.807) is 4.90 Å². The van der Waals surface area contributed by atoms with E-state index in [1.807, 2.05) is 0 Å². The zero-order valence-electron chi connectivity index (χ0n) is 11.3. The number of amides is 1. The number of esters is 1. The average Bonchev–Trinajstić information content (AvgIpc) is 2.84. The molecule has 1 fully saturated rings. The van der Waals surface area contributed by atoms with Gasteiger partial charge in [-0.2, -0.15) is 13.2 Å². The molecule has 0 radical (unpaired) electrons. The van der Waals surface area contributed by atoms with Gasteiger partial charge < -0.3 is 9.64 Å². The highest BCUT2D eigenvalue weighted by atomic mass is 19.4. The summed E-state index contributed by atoms with van der Waals surface area (Å²) in [5.41, 5.74) is 0.638. The standard InChI is InChI=1S/C14H14F3NO3/c1-9(14(15,16)17)21-13(20)10-4-6-11(7-5-10)18-8-2-3-12(18)19/h4-7,9H,2-3,8H2,1H3/t9-/m1/s1. The van der Waals surface area contributed by atoms with E-state index in [2.05, 4.69) is 4.74 Å². The Morgan fingerprint density at radius 3 is 2.38 bits per heavy atom. The van der Waals surface area contributed by atoms with Gasteiger partial charge in [-0.05, 0) is 37.6 Å². The van der Waals surface area contributed by atoms with Crippen LogP contribution in [0.1, 0.15) is 30.1 Å². The Morgan fingerprint density at radius 1 is 1.29 bits per heavy atom. The number of carbonyl (C=O) groups is 2. The van der Waals surface area contributed by atoms with Gasteiger partial charge in [-0.3, -0.25) is 4.79 Å². The monoisotopic (exact) mass is 301 g/mol. The molecule has 0 aliphatic carbocycles. The van der Waals surface area contributed by atoms with Crippen LogP contribution in [-0.2, 0) is 9.53 Å². The van der Waals surface area contributed by atoms with Crippen LogP contribution in [0.2, 0.25) is 0 Å². The highest BCUT2D eigenvalue weighted by Crippen LogP contribution is 2.25. The first-order valence-corrected chi connectivity index (χ1v) is 6.47. The van der Waals surface area contributed by atoms with Crippen LogP contribution in [0.15, 0.2) is 24.3 Å². The molecule has 2 rings (SSSR count). The van der Waals surface area contributed by atoms with Gasteiger partial charge in [-0.1, -0.05) is 0 Å². The van der Waals surface area contributed by atoms with Crippen molar-refractivity contribution in [3.63, 3.8) is 0 Å². The number of carbonyl (C=O) groups excluding carboxylic acids is 2. The summed E-state index contributed by atoms with van der Waals surface area (Å²) in [5, 5.41) is 0. The van der Waals surface area contributed by atoms with Crippen molar-refractivity contribution < 1.29 is 27.5 Å². The second kappa shape index (κ2) is 5.75. The van der Waals surface area contributed by atoms with Crippen molar-refractivity contribution in [2.75, 3.05) is 11.4 Å². The molecule has 1 aromatic carbocycles. The number of halogens is 3. The van der Waals surface area contributed by atoms with E-state index >= 15 is 0 Å². The lowest BCUT2D eigenvalue weighted by molar-refractivity contribution is -0.198. The van der Waals surface area contributed by atoms with Gasteiger partial charge in [0.1, 0.15) is 0 Å². The first-order valence-electron chi connectivity index (χ1n) is 6.47. The summed E-state index contributed by atoms with van der Waals surface area (Å²) in [6.07, 6.45) is -5.50. The Labute approximate surface area is 119 Å². The fourth-order valence-corrected chi connectivity index (χ4v) is 1.99. The van der Waals surface area contributed by atoms with Crippen LogP contribution in [-0.4, -0.2) is 30.7 Å². The molecule has 0 aromatic heterocycles. The molecule has 0 spiro atoms. The molecule has 0 bridgehead atoms. The summed E-state index contributed by atoms with van der Waals surface area (Å²) in [4.78, 5) is 24.7. The third-order valence-corrected chi connectivity index (χ3v) is 3.23. The van der Waals surface area contributed by atoms with E-state index in [9.17, 15) is 22.8 Å². The van der Waals surface area contributed by atoms with Crippen molar-refractivity contribution in [2.24, 2.45) is 0 Å². The maximum Gasteiger partial charge on any atom is 0.425 e. The Hall–Kier alpha value is -2.05. The summed E-state index contributed by atoms with van der Waals surface area (Å²) in [5.74, 6) is -1.05. The molecule has 4 nitrogen and oxygen atoms in total. The summed E-state index contributed by atoms with van der Waals surface area (Å²) in [6, 6.07) is 5.76. The van der Waals surface area contributed by atoms with Gasteiger partial charge in [0.15, 0.2) is 6.10 Å². The largest absolute Gasteiger partial charge is 0.449 e. The molecule has 0 unspecified atom stereocenters. The molecule has 0 saturated carbocycles. The molecular weight excluding hydrogens is 287 g/mol. The van der Waals surface area contributed by atoms with Gasteiger partial charge in [-0.25, -0.2) is 4.79 Å². The van der Waals surface area contributed by atoms with E-state index < -0.39 is 18.2 Å². The van der Waals surface area contributed by atoms with Crippen LogP contribution < -0.4 is 4.90 Å². The Balaban J connectivity index is 2.05. The molecule has 1 heterocycles. The molecule has 1 aromatic rings. The first kappa shape index (κ1) is 15.3. The van der Waals surface area contributed by atoms with Crippen molar-refractivity contribution in [1.82, 2.24) is 0 Å². The molecule has 1 aliphatic heterocycles. The second-order valence-corrected chi connectivity index (χ2v) is 4.78. The van der Waals surface area contributed by atoms with E-state index in [-0.39, 0.29) is 11.5 Å². The number of alkyl halides is 3. The molecule has 1 atom stereocenters. The van der Waals surface area contributed by atoms with Crippen LogP contribution in [0.25, 0.3) is 0 Å². The second-order valence-electron chi connectivity index (χ2n) is 4.78. The minimum absolute atomic E-state index is 0.00369. The molecule has 1 saturated heterocycles. The van der Waals surface area contributed by atoms with Gasteiger partial charge in [0.05, 0.1) is 5.56 Å². The Morgan fingerprint density at radius 2 is 1.90 bits per heavy atom. The lowest BCUT2D eigenvalue weighted by Crippen LogP contribution is -2.30. The topological polar surface area (TPSA) is 46.6 Å². The van der Waals surface area contributed by atoms with Crippen molar-refractivity contribution in [2.45, 2.75) is 32.0 Å². The normalized spacial score (nSPS) is 17.0. The Bertz CT molecular complexity index is 539. The summed E-state index contributed by atoms with van der Waals surface area (Å²) >= 11 is 0. The fraction of sp³-hybridized carbons (Fsp3) is 0.429. The molecular formula is C14H14F3NO3. The maximum atomic E-state index is 12.3. The molecule has 114 valence electrons. The maximum absolute atomic E-state index is 12.3. The summed E-state index contributed by atoms with van der Waals surface area (Å²) in [6.45, 7) is 1.38. The SMILES string of the molecule is C[C@@H](OC(=O)c1ccc(N2CCCC2=O)cc1)C(F)(F)F. The van der Waals surface area contributed by atoms with Crippen LogP contribution in [0, 0.1) is 0 Å². The number of hydrogen-bond acceptors (Lipinski definition) is 3. The molecule has 21 heavy (non-hydrogen) atoms. The van der Waals surface area contributed by atoms with Gasteiger partial charge in [-0.15, -0.1) is 0 Å². The minimum Gasteiger partial charge on any atom is -0.449 e. The Kier molecular flexibility index (Phi) is 4.20. The summed E-state index contributed by atoms with van der Waals surface area (Å²) < 4.78 is 41.3. The highest BCUT2D eigenvalue weighted by molar-refractivity contribution is 5.96. The van der Waals surface area contributed by atoms with Crippen LogP contribution in [0.3, 0.4) is 0 Å². The van der Waals surface area contributed by atoms with E-state index in [4.69, 9.17) is 0 Å². The van der Waals surface area contributed by atoms with Crippen molar-refractivity contribution in [3.05, 3.63) is 29.8 Å². The number of benzene rings is 1. The number of nitrogens with zero attached hydrogens (tertiary/aromatic N) is 1. The van der Waals surface area contributed by atoms with Crippen LogP contribution in [0.5, 0.6) is 0 Å². The lowest BCUT2D eigenvalue weighted by atomic mass is 10.2. The number of anilines is 1. The fourth-order valence-electron chi connectivity index (χ4n) is 1.99. The molecule has 7 heteroatoms. The van der Waals surface area contributed by atoms with Crippen LogP contribution >= 0.6 is 0 Å². The first-order chi connectivity index (χ1) is 9.79. The predicted molar refractivity (Wildman–Crippen MR) is 69.0 cm³/mol. The highest BCUT2D eigenvalue weighted by Gasteiger charge is 2.39. The molecule has 1 amide bonds. The third-order valence-electron chi connectivity index (χ3n) is 3.23. The van der Waals surface area contributed by atoms with Crippen molar-refractivity contribution >= 4 is 17.6 Å². The average molecular weight is 301 g/mol. The minimum atomic E-state index is -4.59. The van der Waals surface area contributed by atoms with Crippen molar-refractivity contribution in [3.8, 4) is 0 Å². The van der Waals surface area contributed by atoms with E-state index in [1.165, 1.54) is 24.3 Å². The number of ether oxygens (including phenoxy) is 1. The lowest BCUT2D eigenvalue weighted by Gasteiger charge is -2.17. The van der Waals surface area contributed by atoms with Gasteiger partial charge in [0.25, 0.3) is 0 Å². The number of hydrogen-bond donors (Lipinski definition) is 0. The molecule has 1 aliphatic rings.